The van der Waals surface area contributed by atoms with E-state index in [1.165, 1.54) is 26.5 Å². The van der Waals surface area contributed by atoms with Crippen LogP contribution >= 0.6 is 0 Å². The zero-order chi connectivity index (χ0) is 25.4. The summed E-state index contributed by atoms with van der Waals surface area (Å²) >= 11 is 0. The highest BCUT2D eigenvalue weighted by Crippen LogP contribution is 2.43. The van der Waals surface area contributed by atoms with Crippen molar-refractivity contribution in [2.75, 3.05) is 14.2 Å². The van der Waals surface area contributed by atoms with Crippen molar-refractivity contribution in [2.45, 2.75) is 30.7 Å². The number of aliphatic hydroxyl groups is 3. The fourth-order valence-corrected chi connectivity index (χ4v) is 3.76. The summed E-state index contributed by atoms with van der Waals surface area (Å²) in [4.78, 5) is 24.5. The lowest BCUT2D eigenvalue weighted by Gasteiger charge is -2.38. The average Bonchev–Trinajstić information content (AvgIpc) is 2.84. The summed E-state index contributed by atoms with van der Waals surface area (Å²) in [5.41, 5.74) is -0.0248. The van der Waals surface area contributed by atoms with E-state index in [1.54, 1.807) is 24.3 Å². The quantitative estimate of drug-likeness (QED) is 0.322. The molecule has 4 rings (SSSR count). The second kappa shape index (κ2) is 9.43. The van der Waals surface area contributed by atoms with Gasteiger partial charge in [0.2, 0.25) is 17.5 Å². The number of benzene rings is 2. The minimum atomic E-state index is -1.91. The molecule has 12 heteroatoms. The number of methoxy groups -OCH3 is 2. The maximum absolute atomic E-state index is 13.2. The van der Waals surface area contributed by atoms with E-state index in [0.717, 1.165) is 0 Å². The van der Waals surface area contributed by atoms with Crippen LogP contribution in [-0.4, -0.2) is 76.4 Å². The van der Waals surface area contributed by atoms with Crippen molar-refractivity contribution in [3.8, 4) is 34.1 Å². The number of aliphatic hydroxyl groups excluding tert-OH is 3. The Morgan fingerprint density at radius 3 is 2.29 bits per heavy atom. The Morgan fingerprint density at radius 2 is 1.69 bits per heavy atom. The summed E-state index contributed by atoms with van der Waals surface area (Å²) in [5, 5.41) is 49.9. The number of hydrogen-bond donors (Lipinski definition) is 5. The van der Waals surface area contributed by atoms with E-state index in [4.69, 9.17) is 23.4 Å². The molecular weight excluding hydrogens is 468 g/mol. The van der Waals surface area contributed by atoms with Crippen molar-refractivity contribution < 1.29 is 53.7 Å². The van der Waals surface area contributed by atoms with Crippen LogP contribution in [0.2, 0.25) is 0 Å². The molecule has 12 nitrogen and oxygen atoms in total. The SMILES string of the molecule is COc1ccc(-c2coc3cc(O[C@@H]4O[C@H](C(=O)O)[C@@H](O)[C@H](O)[C@H]4O)c(OC)c(O)c3c2=O)cc1. The van der Waals surface area contributed by atoms with Crippen LogP contribution in [0.15, 0.2) is 45.8 Å². The summed E-state index contributed by atoms with van der Waals surface area (Å²) < 4.78 is 26.4. The summed E-state index contributed by atoms with van der Waals surface area (Å²) in [6.07, 6.45) is -8.15. The van der Waals surface area contributed by atoms with Crippen LogP contribution in [0.4, 0.5) is 0 Å². The van der Waals surface area contributed by atoms with Gasteiger partial charge < -0.3 is 48.9 Å². The number of carbonyl (C=O) groups is 1. The van der Waals surface area contributed by atoms with Gasteiger partial charge >= 0.3 is 5.97 Å². The molecule has 0 bridgehead atoms. The second-order valence-corrected chi connectivity index (χ2v) is 7.69. The number of phenols is 1. The molecule has 1 aliphatic heterocycles. The first-order chi connectivity index (χ1) is 16.7. The van der Waals surface area contributed by atoms with Gasteiger partial charge in [-0.05, 0) is 17.7 Å². The van der Waals surface area contributed by atoms with Gasteiger partial charge in [0.05, 0.1) is 19.8 Å². The predicted octanol–water partition coefficient (Wildman–Crippen LogP) is 0.454. The molecule has 0 spiro atoms. The molecule has 0 saturated carbocycles. The highest BCUT2D eigenvalue weighted by Gasteiger charge is 2.48. The van der Waals surface area contributed by atoms with Gasteiger partial charge in [0, 0.05) is 6.07 Å². The van der Waals surface area contributed by atoms with Crippen molar-refractivity contribution in [3.05, 3.63) is 46.8 Å². The van der Waals surface area contributed by atoms with Crippen LogP contribution in [0.5, 0.6) is 23.0 Å². The molecule has 1 fully saturated rings. The number of carboxylic acids is 1. The number of phenolic OH excluding ortho intramolecular Hbond substituents is 1. The number of ether oxygens (including phenoxy) is 4. The molecule has 0 unspecified atom stereocenters. The predicted molar refractivity (Wildman–Crippen MR) is 118 cm³/mol. The fourth-order valence-electron chi connectivity index (χ4n) is 3.76. The van der Waals surface area contributed by atoms with E-state index < -0.39 is 47.9 Å². The maximum Gasteiger partial charge on any atom is 0.335 e. The van der Waals surface area contributed by atoms with Gasteiger partial charge in [-0.3, -0.25) is 4.79 Å². The lowest BCUT2D eigenvalue weighted by Crippen LogP contribution is -2.61. The van der Waals surface area contributed by atoms with Crippen LogP contribution < -0.4 is 19.6 Å². The number of fused-ring (bicyclic) bond motifs is 1. The molecule has 1 aromatic heterocycles. The lowest BCUT2D eigenvalue weighted by atomic mass is 9.99. The monoisotopic (exact) mass is 490 g/mol. The van der Waals surface area contributed by atoms with Crippen molar-refractivity contribution >= 4 is 16.9 Å². The third-order valence-corrected chi connectivity index (χ3v) is 5.62. The Morgan fingerprint density at radius 1 is 1.00 bits per heavy atom. The molecule has 0 amide bonds. The van der Waals surface area contributed by atoms with Gasteiger partial charge in [-0.2, -0.15) is 0 Å². The third-order valence-electron chi connectivity index (χ3n) is 5.62. The van der Waals surface area contributed by atoms with E-state index in [1.807, 2.05) is 0 Å². The van der Waals surface area contributed by atoms with Crippen LogP contribution in [-0.2, 0) is 9.53 Å². The molecule has 2 heterocycles. The van der Waals surface area contributed by atoms with E-state index in [-0.39, 0.29) is 28.0 Å². The zero-order valence-electron chi connectivity index (χ0n) is 18.4. The molecular formula is C23H22O12. The second-order valence-electron chi connectivity index (χ2n) is 7.69. The number of hydrogen-bond acceptors (Lipinski definition) is 11. The Kier molecular flexibility index (Phi) is 6.54. The third kappa shape index (κ3) is 4.23. The van der Waals surface area contributed by atoms with Crippen molar-refractivity contribution in [1.29, 1.82) is 0 Å². The standard InChI is InChI=1S/C23H22O12/c1-31-10-5-3-9(4-6-10)11-8-33-12-7-13(20(32-2)16(25)14(12)15(11)24)34-23-19(28)17(26)18(27)21(35-23)22(29)30/h3-8,17-19,21,23,25-28H,1-2H3,(H,29,30)/t17-,18-,19+,21-,23+/m0/s1. The first kappa shape index (κ1) is 24.3. The van der Waals surface area contributed by atoms with E-state index >= 15 is 0 Å². The molecule has 35 heavy (non-hydrogen) atoms. The van der Waals surface area contributed by atoms with E-state index in [2.05, 4.69) is 0 Å². The Hall–Kier alpha value is -3.84. The van der Waals surface area contributed by atoms with Crippen LogP contribution in [0.3, 0.4) is 0 Å². The fraction of sp³-hybridized carbons (Fsp3) is 0.304. The van der Waals surface area contributed by atoms with Crippen LogP contribution in [0.1, 0.15) is 0 Å². The Labute approximate surface area is 197 Å². The van der Waals surface area contributed by atoms with Crippen molar-refractivity contribution in [3.63, 3.8) is 0 Å². The molecule has 1 aliphatic rings. The number of aliphatic carboxylic acids is 1. The number of aromatic hydroxyl groups is 1. The topological polar surface area (TPSA) is 185 Å². The van der Waals surface area contributed by atoms with Crippen molar-refractivity contribution in [1.82, 2.24) is 0 Å². The van der Waals surface area contributed by atoms with Gasteiger partial charge in [-0.15, -0.1) is 0 Å². The normalized spacial score (nSPS) is 24.2. The molecule has 186 valence electrons. The Bertz CT molecular complexity index is 1300. The van der Waals surface area contributed by atoms with Gasteiger partial charge in [-0.25, -0.2) is 4.79 Å². The summed E-state index contributed by atoms with van der Waals surface area (Å²) in [7, 11) is 2.69. The first-order valence-electron chi connectivity index (χ1n) is 10.3. The maximum atomic E-state index is 13.2. The molecule has 5 N–H and O–H groups in total. The minimum Gasteiger partial charge on any atom is -0.504 e. The summed E-state index contributed by atoms with van der Waals surface area (Å²) in [6.45, 7) is 0. The van der Waals surface area contributed by atoms with Crippen molar-refractivity contribution in [2.24, 2.45) is 0 Å². The molecule has 5 atom stereocenters. The lowest BCUT2D eigenvalue weighted by molar-refractivity contribution is -0.271. The van der Waals surface area contributed by atoms with Gasteiger partial charge in [0.1, 0.15) is 41.3 Å². The largest absolute Gasteiger partial charge is 0.504 e. The Balaban J connectivity index is 1.76. The highest BCUT2D eigenvalue weighted by molar-refractivity contribution is 5.91. The number of carboxylic acid groups (broad SMARTS) is 1. The van der Waals surface area contributed by atoms with Crippen LogP contribution in [0, 0.1) is 0 Å². The molecule has 0 aliphatic carbocycles. The first-order valence-corrected chi connectivity index (χ1v) is 10.3. The molecule has 0 radical (unpaired) electrons. The summed E-state index contributed by atoms with van der Waals surface area (Å²) in [5.74, 6) is -2.26. The van der Waals surface area contributed by atoms with Gasteiger partial charge in [0.15, 0.2) is 17.6 Å². The summed E-state index contributed by atoms with van der Waals surface area (Å²) in [6, 6.07) is 7.77. The highest BCUT2D eigenvalue weighted by atomic mass is 16.7. The molecule has 1 saturated heterocycles. The average molecular weight is 490 g/mol. The molecule has 2 aromatic carbocycles. The molecule has 3 aromatic rings. The zero-order valence-corrected chi connectivity index (χ0v) is 18.4. The number of rotatable bonds is 6. The van der Waals surface area contributed by atoms with E-state index in [0.29, 0.717) is 11.3 Å². The minimum absolute atomic E-state index is 0.110. The van der Waals surface area contributed by atoms with Crippen LogP contribution in [0.25, 0.3) is 22.1 Å². The van der Waals surface area contributed by atoms with E-state index in [9.17, 15) is 35.1 Å². The smallest absolute Gasteiger partial charge is 0.335 e. The van der Waals surface area contributed by atoms with Gasteiger partial charge in [-0.1, -0.05) is 12.1 Å². The van der Waals surface area contributed by atoms with Gasteiger partial charge in [0.25, 0.3) is 0 Å².